The molecule has 0 spiro atoms. The monoisotopic (exact) mass is 401 g/mol. The number of rotatable bonds is 9. The summed E-state index contributed by atoms with van der Waals surface area (Å²) in [7, 11) is 0. The third-order valence-corrected chi connectivity index (χ3v) is 4.94. The van der Waals surface area contributed by atoms with E-state index in [0.717, 1.165) is 16.8 Å². The van der Waals surface area contributed by atoms with Gasteiger partial charge >= 0.3 is 0 Å². The molecule has 0 aliphatic rings. The van der Waals surface area contributed by atoms with Gasteiger partial charge in [0.1, 0.15) is 6.04 Å². The topological polar surface area (TPSA) is 62.3 Å². The zero-order valence-corrected chi connectivity index (χ0v) is 17.2. The van der Waals surface area contributed by atoms with Gasteiger partial charge in [0.15, 0.2) is 0 Å². The molecular formula is C25H27N3O2. The standard InChI is InChI=1S/C25H27N3O2/c1-2-24(29)28(19-21-13-7-4-8-14-21)23(17-20-11-5-3-6-12-20)25(30)27-18-22-15-9-10-16-26-22/h3-16,23H,2,17-19H2,1H3,(H,27,30). The molecule has 0 aliphatic heterocycles. The third kappa shape index (κ3) is 6.01. The van der Waals surface area contributed by atoms with Crippen molar-refractivity contribution >= 4 is 11.8 Å². The van der Waals surface area contributed by atoms with Crippen molar-refractivity contribution in [2.24, 2.45) is 0 Å². The third-order valence-electron chi connectivity index (χ3n) is 4.94. The van der Waals surface area contributed by atoms with Crippen LogP contribution in [0.15, 0.2) is 85.1 Å². The number of nitrogens with one attached hydrogen (secondary N) is 1. The molecule has 1 heterocycles. The molecule has 1 unspecified atom stereocenters. The van der Waals surface area contributed by atoms with Gasteiger partial charge in [-0.2, -0.15) is 0 Å². The van der Waals surface area contributed by atoms with Gasteiger partial charge < -0.3 is 10.2 Å². The van der Waals surface area contributed by atoms with Crippen LogP contribution in [-0.2, 0) is 29.1 Å². The van der Waals surface area contributed by atoms with Gasteiger partial charge in [-0.15, -0.1) is 0 Å². The fourth-order valence-corrected chi connectivity index (χ4v) is 3.34. The molecule has 5 nitrogen and oxygen atoms in total. The first-order valence-electron chi connectivity index (χ1n) is 10.2. The molecule has 1 atom stereocenters. The highest BCUT2D eigenvalue weighted by Gasteiger charge is 2.29. The van der Waals surface area contributed by atoms with Crippen molar-refractivity contribution in [2.75, 3.05) is 0 Å². The van der Waals surface area contributed by atoms with E-state index in [2.05, 4.69) is 10.3 Å². The summed E-state index contributed by atoms with van der Waals surface area (Å²) in [5, 5.41) is 2.97. The van der Waals surface area contributed by atoms with Gasteiger partial charge in [0.05, 0.1) is 12.2 Å². The van der Waals surface area contributed by atoms with Crippen molar-refractivity contribution < 1.29 is 9.59 Å². The van der Waals surface area contributed by atoms with E-state index in [1.54, 1.807) is 11.1 Å². The summed E-state index contributed by atoms with van der Waals surface area (Å²) in [6, 6.07) is 24.6. The highest BCUT2D eigenvalue weighted by molar-refractivity contribution is 5.87. The van der Waals surface area contributed by atoms with Gasteiger partial charge in [-0.3, -0.25) is 14.6 Å². The Bertz CT molecular complexity index is 930. The summed E-state index contributed by atoms with van der Waals surface area (Å²) in [6.07, 6.45) is 2.49. The van der Waals surface area contributed by atoms with E-state index in [-0.39, 0.29) is 11.8 Å². The van der Waals surface area contributed by atoms with Crippen LogP contribution in [0.25, 0.3) is 0 Å². The highest BCUT2D eigenvalue weighted by atomic mass is 16.2. The molecule has 1 N–H and O–H groups in total. The normalized spacial score (nSPS) is 11.5. The Morgan fingerprint density at radius 2 is 1.53 bits per heavy atom. The van der Waals surface area contributed by atoms with Crippen molar-refractivity contribution in [1.82, 2.24) is 15.2 Å². The molecular weight excluding hydrogens is 374 g/mol. The Hall–Kier alpha value is -3.47. The number of nitrogens with zero attached hydrogens (tertiary/aromatic N) is 2. The van der Waals surface area contributed by atoms with Crippen molar-refractivity contribution in [3.05, 3.63) is 102 Å². The van der Waals surface area contributed by atoms with Crippen LogP contribution in [0.2, 0.25) is 0 Å². The highest BCUT2D eigenvalue weighted by Crippen LogP contribution is 2.15. The van der Waals surface area contributed by atoms with E-state index in [1.807, 2.05) is 85.8 Å². The van der Waals surface area contributed by atoms with Crippen LogP contribution in [0.1, 0.15) is 30.2 Å². The molecule has 3 rings (SSSR count). The molecule has 1 aromatic heterocycles. The Labute approximate surface area is 177 Å². The van der Waals surface area contributed by atoms with Crippen LogP contribution in [0.3, 0.4) is 0 Å². The zero-order chi connectivity index (χ0) is 21.2. The van der Waals surface area contributed by atoms with Gasteiger partial charge in [-0.1, -0.05) is 73.7 Å². The largest absolute Gasteiger partial charge is 0.349 e. The fraction of sp³-hybridized carbons (Fsp3) is 0.240. The molecule has 2 aromatic carbocycles. The lowest BCUT2D eigenvalue weighted by Gasteiger charge is -2.31. The van der Waals surface area contributed by atoms with Gasteiger partial charge in [0, 0.05) is 25.6 Å². The maximum absolute atomic E-state index is 13.2. The van der Waals surface area contributed by atoms with Crippen LogP contribution < -0.4 is 5.32 Å². The zero-order valence-electron chi connectivity index (χ0n) is 17.2. The van der Waals surface area contributed by atoms with E-state index in [1.165, 1.54) is 0 Å². The lowest BCUT2D eigenvalue weighted by Crippen LogP contribution is -2.50. The summed E-state index contributed by atoms with van der Waals surface area (Å²) in [5.74, 6) is -0.227. The minimum atomic E-state index is -0.608. The molecule has 154 valence electrons. The van der Waals surface area contributed by atoms with E-state index in [4.69, 9.17) is 0 Å². The number of hydrogen-bond acceptors (Lipinski definition) is 3. The van der Waals surface area contributed by atoms with Crippen LogP contribution >= 0.6 is 0 Å². The number of carbonyl (C=O) groups excluding carboxylic acids is 2. The molecule has 0 radical (unpaired) electrons. The van der Waals surface area contributed by atoms with Crippen molar-refractivity contribution in [2.45, 2.75) is 38.9 Å². The van der Waals surface area contributed by atoms with Gasteiger partial charge in [0.2, 0.25) is 11.8 Å². The number of amides is 2. The number of aromatic nitrogens is 1. The molecule has 0 fully saturated rings. The summed E-state index contributed by atoms with van der Waals surface area (Å²) in [5.41, 5.74) is 2.79. The number of carbonyl (C=O) groups is 2. The van der Waals surface area contributed by atoms with Gasteiger partial charge in [0.25, 0.3) is 0 Å². The maximum Gasteiger partial charge on any atom is 0.243 e. The molecule has 2 amide bonds. The second kappa shape index (κ2) is 10.9. The molecule has 0 bridgehead atoms. The summed E-state index contributed by atoms with van der Waals surface area (Å²) in [6.45, 7) is 2.54. The first kappa shape index (κ1) is 21.2. The van der Waals surface area contributed by atoms with Crippen LogP contribution in [0, 0.1) is 0 Å². The van der Waals surface area contributed by atoms with E-state index < -0.39 is 6.04 Å². The average Bonchev–Trinajstić information content (AvgIpc) is 2.81. The Morgan fingerprint density at radius 3 is 2.13 bits per heavy atom. The molecule has 0 saturated carbocycles. The second-order valence-electron chi connectivity index (χ2n) is 7.11. The number of benzene rings is 2. The maximum atomic E-state index is 13.2. The predicted octanol–water partition coefficient (Wildman–Crippen LogP) is 3.75. The van der Waals surface area contributed by atoms with Gasteiger partial charge in [-0.05, 0) is 23.3 Å². The summed E-state index contributed by atoms with van der Waals surface area (Å²) < 4.78 is 0. The van der Waals surface area contributed by atoms with Gasteiger partial charge in [-0.25, -0.2) is 0 Å². The average molecular weight is 402 g/mol. The second-order valence-corrected chi connectivity index (χ2v) is 7.11. The van der Waals surface area contributed by atoms with E-state index >= 15 is 0 Å². The summed E-state index contributed by atoms with van der Waals surface area (Å²) >= 11 is 0. The van der Waals surface area contributed by atoms with Crippen molar-refractivity contribution in [1.29, 1.82) is 0 Å². The summed E-state index contributed by atoms with van der Waals surface area (Å²) in [4.78, 5) is 32.1. The Morgan fingerprint density at radius 1 is 0.900 bits per heavy atom. The Balaban J connectivity index is 1.84. The van der Waals surface area contributed by atoms with Crippen molar-refractivity contribution in [3.63, 3.8) is 0 Å². The fourth-order valence-electron chi connectivity index (χ4n) is 3.34. The molecule has 30 heavy (non-hydrogen) atoms. The minimum Gasteiger partial charge on any atom is -0.349 e. The van der Waals surface area contributed by atoms with Crippen LogP contribution in [0.4, 0.5) is 0 Å². The predicted molar refractivity (Wildman–Crippen MR) is 117 cm³/mol. The van der Waals surface area contributed by atoms with Crippen LogP contribution in [-0.4, -0.2) is 27.7 Å². The lowest BCUT2D eigenvalue weighted by molar-refractivity contribution is -0.141. The Kier molecular flexibility index (Phi) is 7.72. The van der Waals surface area contributed by atoms with Crippen molar-refractivity contribution in [3.8, 4) is 0 Å². The quantitative estimate of drug-likeness (QED) is 0.594. The first-order valence-corrected chi connectivity index (χ1v) is 10.2. The van der Waals surface area contributed by atoms with E-state index in [0.29, 0.717) is 25.9 Å². The smallest absolute Gasteiger partial charge is 0.243 e. The molecule has 5 heteroatoms. The van der Waals surface area contributed by atoms with E-state index in [9.17, 15) is 9.59 Å². The molecule has 3 aromatic rings. The SMILES string of the molecule is CCC(=O)N(Cc1ccccc1)C(Cc1ccccc1)C(=O)NCc1ccccn1. The number of pyridine rings is 1. The molecule has 0 aliphatic carbocycles. The lowest BCUT2D eigenvalue weighted by atomic mass is 10.0. The number of hydrogen-bond donors (Lipinski definition) is 1. The first-order chi connectivity index (χ1) is 14.7. The molecule has 0 saturated heterocycles. The minimum absolute atomic E-state index is 0.0484. The van der Waals surface area contributed by atoms with Crippen LogP contribution in [0.5, 0.6) is 0 Å².